The number of aromatic nitrogens is 5. The molecule has 1 N–H and O–H groups in total. The van der Waals surface area contributed by atoms with E-state index in [1.165, 1.54) is 10.6 Å². The number of carbonyl (C=O) groups excluding carboxylic acids is 2. The Bertz CT molecular complexity index is 1490. The van der Waals surface area contributed by atoms with Crippen LogP contribution in [0.2, 0.25) is 0 Å². The molecule has 2 heterocycles. The van der Waals surface area contributed by atoms with E-state index in [-0.39, 0.29) is 24.3 Å². The lowest BCUT2D eigenvalue weighted by atomic mass is 9.96. The third-order valence-corrected chi connectivity index (χ3v) is 6.28. The van der Waals surface area contributed by atoms with Crippen molar-refractivity contribution in [3.05, 3.63) is 87.3 Å². The van der Waals surface area contributed by atoms with E-state index in [4.69, 9.17) is 9.47 Å². The third kappa shape index (κ3) is 6.11. The Morgan fingerprint density at radius 3 is 2.18 bits per heavy atom. The number of nitrogens with zero attached hydrogens (tertiary/aromatic N) is 4. The quantitative estimate of drug-likeness (QED) is 0.282. The number of H-pyrrole nitrogens is 1. The molecule has 2 aromatic heterocycles. The molecule has 39 heavy (non-hydrogen) atoms. The summed E-state index contributed by atoms with van der Waals surface area (Å²) in [5.74, 6) is -0.848. The topological polar surface area (TPSA) is 129 Å². The van der Waals surface area contributed by atoms with Crippen LogP contribution in [0.1, 0.15) is 65.6 Å². The molecule has 0 radical (unpaired) electrons. The minimum Gasteiger partial charge on any atom is -0.462 e. The number of carbonyl (C=O) groups is 2. The van der Waals surface area contributed by atoms with Crippen LogP contribution in [0.25, 0.3) is 22.5 Å². The number of hydrogen-bond donors (Lipinski definition) is 1. The summed E-state index contributed by atoms with van der Waals surface area (Å²) in [7, 11) is 0. The minimum atomic E-state index is -0.755. The van der Waals surface area contributed by atoms with Crippen molar-refractivity contribution in [1.82, 2.24) is 25.2 Å². The summed E-state index contributed by atoms with van der Waals surface area (Å²) in [6, 6.07) is 16.9. The summed E-state index contributed by atoms with van der Waals surface area (Å²) in [4.78, 5) is 39.0. The molecule has 0 saturated carbocycles. The highest BCUT2D eigenvalue weighted by atomic mass is 16.5. The van der Waals surface area contributed by atoms with E-state index in [1.807, 2.05) is 55.5 Å². The molecule has 10 nitrogen and oxygen atoms in total. The van der Waals surface area contributed by atoms with Gasteiger partial charge in [0.1, 0.15) is 5.56 Å². The van der Waals surface area contributed by atoms with Gasteiger partial charge in [-0.1, -0.05) is 61.9 Å². The number of hydrogen-bond acceptors (Lipinski definition) is 8. The Morgan fingerprint density at radius 2 is 1.56 bits per heavy atom. The second-order valence-electron chi connectivity index (χ2n) is 8.82. The molecule has 0 bridgehead atoms. The highest BCUT2D eigenvalue weighted by Gasteiger charge is 2.24. The smallest absolute Gasteiger partial charge is 0.343 e. The van der Waals surface area contributed by atoms with E-state index in [2.05, 4.69) is 20.6 Å². The van der Waals surface area contributed by atoms with E-state index in [9.17, 15) is 14.4 Å². The number of unbranched alkanes of at least 4 members (excludes halogenated alkanes) is 1. The molecule has 10 heteroatoms. The lowest BCUT2D eigenvalue weighted by molar-refractivity contribution is 0.0520. The SMILES string of the molecule is CCCCn1c(Cc2ccc(-c3ccccc3-c3nn[nH]n3)cc2)c(C(=O)OCC)cc(C(=O)OCC)c1=O. The van der Waals surface area contributed by atoms with E-state index >= 15 is 0 Å². The van der Waals surface area contributed by atoms with Crippen LogP contribution in [0, 0.1) is 0 Å². The Labute approximate surface area is 226 Å². The molecule has 202 valence electrons. The average Bonchev–Trinajstić information content (AvgIpc) is 3.49. The first-order valence-electron chi connectivity index (χ1n) is 13.0. The standard InChI is InChI=1S/C29H31N5O5/c1-4-7-16-34-25(23(28(36)38-5-2)18-24(27(34)35)29(37)39-6-3)17-19-12-14-20(15-13-19)21-10-8-9-11-22(21)26-30-32-33-31-26/h8-15,18H,4-7,16-17H2,1-3H3,(H,30,31,32,33). The second kappa shape index (κ2) is 12.8. The molecule has 0 spiro atoms. The van der Waals surface area contributed by atoms with Gasteiger partial charge in [-0.05, 0) is 48.2 Å². The molecule has 2 aromatic carbocycles. The second-order valence-corrected chi connectivity index (χ2v) is 8.82. The molecule has 0 atom stereocenters. The van der Waals surface area contributed by atoms with E-state index < -0.39 is 17.5 Å². The number of esters is 2. The first-order valence-corrected chi connectivity index (χ1v) is 13.0. The molecular weight excluding hydrogens is 498 g/mol. The number of aromatic amines is 1. The minimum absolute atomic E-state index is 0.117. The molecule has 0 aliphatic carbocycles. The molecule has 0 aliphatic heterocycles. The highest BCUT2D eigenvalue weighted by molar-refractivity contribution is 5.96. The van der Waals surface area contributed by atoms with E-state index in [1.54, 1.807) is 13.8 Å². The molecule has 0 saturated heterocycles. The Balaban J connectivity index is 1.76. The fraction of sp³-hybridized carbons (Fsp3) is 0.310. The summed E-state index contributed by atoms with van der Waals surface area (Å²) in [6.45, 7) is 6.03. The van der Waals surface area contributed by atoms with Crippen molar-refractivity contribution in [3.63, 3.8) is 0 Å². The van der Waals surface area contributed by atoms with E-state index in [0.717, 1.165) is 28.7 Å². The summed E-state index contributed by atoms with van der Waals surface area (Å²) in [6.07, 6.45) is 1.83. The molecular formula is C29H31N5O5. The van der Waals surface area contributed by atoms with Crippen LogP contribution in [-0.4, -0.2) is 50.3 Å². The van der Waals surface area contributed by atoms with Gasteiger partial charge in [0.15, 0.2) is 0 Å². The van der Waals surface area contributed by atoms with Gasteiger partial charge in [0.25, 0.3) is 5.56 Å². The van der Waals surface area contributed by atoms with Gasteiger partial charge in [-0.2, -0.15) is 5.21 Å². The van der Waals surface area contributed by atoms with Gasteiger partial charge in [0.05, 0.1) is 18.8 Å². The maximum Gasteiger partial charge on any atom is 0.343 e. The summed E-state index contributed by atoms with van der Waals surface area (Å²) in [5.41, 5.74) is 3.65. The number of ether oxygens (including phenoxy) is 2. The predicted molar refractivity (Wildman–Crippen MR) is 145 cm³/mol. The fourth-order valence-corrected chi connectivity index (χ4v) is 4.39. The van der Waals surface area contributed by atoms with Crippen molar-refractivity contribution in [2.75, 3.05) is 13.2 Å². The zero-order chi connectivity index (χ0) is 27.8. The van der Waals surface area contributed by atoms with Crippen molar-refractivity contribution in [1.29, 1.82) is 0 Å². The van der Waals surface area contributed by atoms with Crippen LogP contribution in [0.15, 0.2) is 59.4 Å². The highest BCUT2D eigenvalue weighted by Crippen LogP contribution is 2.30. The Morgan fingerprint density at radius 1 is 0.897 bits per heavy atom. The number of pyridine rings is 1. The zero-order valence-electron chi connectivity index (χ0n) is 22.3. The first kappa shape index (κ1) is 27.4. The van der Waals surface area contributed by atoms with Gasteiger partial charge in [-0.3, -0.25) is 4.79 Å². The van der Waals surface area contributed by atoms with Crippen molar-refractivity contribution in [2.45, 2.75) is 46.6 Å². The molecule has 0 aliphatic rings. The van der Waals surface area contributed by atoms with Gasteiger partial charge >= 0.3 is 11.9 Å². The van der Waals surface area contributed by atoms with Gasteiger partial charge in [0.2, 0.25) is 5.82 Å². The fourth-order valence-electron chi connectivity index (χ4n) is 4.39. The number of nitrogens with one attached hydrogen (secondary N) is 1. The van der Waals surface area contributed by atoms with Crippen molar-refractivity contribution < 1.29 is 19.1 Å². The maximum atomic E-state index is 13.4. The lowest BCUT2D eigenvalue weighted by Gasteiger charge is -2.18. The summed E-state index contributed by atoms with van der Waals surface area (Å²) < 4.78 is 11.9. The monoisotopic (exact) mass is 529 g/mol. The lowest BCUT2D eigenvalue weighted by Crippen LogP contribution is -2.32. The first-order chi connectivity index (χ1) is 19.0. The molecule has 4 rings (SSSR count). The van der Waals surface area contributed by atoms with Gasteiger partial charge < -0.3 is 14.0 Å². The van der Waals surface area contributed by atoms with Gasteiger partial charge in [-0.15, -0.1) is 10.2 Å². The van der Waals surface area contributed by atoms with Crippen LogP contribution in [0.4, 0.5) is 0 Å². The summed E-state index contributed by atoms with van der Waals surface area (Å²) >= 11 is 0. The van der Waals surface area contributed by atoms with Crippen molar-refractivity contribution >= 4 is 11.9 Å². The van der Waals surface area contributed by atoms with Crippen LogP contribution in [-0.2, 0) is 22.4 Å². The van der Waals surface area contributed by atoms with Crippen molar-refractivity contribution in [3.8, 4) is 22.5 Å². The zero-order valence-corrected chi connectivity index (χ0v) is 22.3. The average molecular weight is 530 g/mol. The van der Waals surface area contributed by atoms with Crippen LogP contribution < -0.4 is 5.56 Å². The molecule has 0 amide bonds. The van der Waals surface area contributed by atoms with E-state index in [0.29, 0.717) is 30.9 Å². The summed E-state index contributed by atoms with van der Waals surface area (Å²) in [5, 5.41) is 14.4. The third-order valence-electron chi connectivity index (χ3n) is 6.28. The molecule has 4 aromatic rings. The molecule has 0 fully saturated rings. The van der Waals surface area contributed by atoms with Gasteiger partial charge in [0, 0.05) is 24.2 Å². The number of tetrazole rings is 1. The number of benzene rings is 2. The van der Waals surface area contributed by atoms with Crippen LogP contribution in [0.5, 0.6) is 0 Å². The number of rotatable bonds is 11. The van der Waals surface area contributed by atoms with Crippen LogP contribution >= 0.6 is 0 Å². The van der Waals surface area contributed by atoms with Crippen LogP contribution in [0.3, 0.4) is 0 Å². The Hall–Kier alpha value is -4.60. The Kier molecular flexibility index (Phi) is 8.98. The normalized spacial score (nSPS) is 10.8. The largest absolute Gasteiger partial charge is 0.462 e. The van der Waals surface area contributed by atoms with Gasteiger partial charge in [-0.25, -0.2) is 9.59 Å². The van der Waals surface area contributed by atoms with Crippen molar-refractivity contribution in [2.24, 2.45) is 0 Å². The molecule has 0 unspecified atom stereocenters. The predicted octanol–water partition coefficient (Wildman–Crippen LogP) is 4.44. The maximum absolute atomic E-state index is 13.4.